The van der Waals surface area contributed by atoms with E-state index in [9.17, 15) is 0 Å². The van der Waals surface area contributed by atoms with Crippen molar-refractivity contribution in [3.63, 3.8) is 0 Å². The topological polar surface area (TPSA) is 112 Å². The molecule has 0 aromatic heterocycles. The van der Waals surface area contributed by atoms with E-state index < -0.39 is 0 Å². The molecular formula is C18H40N4O4. The lowest BCUT2D eigenvalue weighted by molar-refractivity contribution is 0.0493. The van der Waals surface area contributed by atoms with Crippen molar-refractivity contribution in [2.45, 2.75) is 52.4 Å². The molecule has 0 aliphatic rings. The van der Waals surface area contributed by atoms with Crippen LogP contribution in [0.5, 0.6) is 0 Å². The maximum atomic E-state index is 7.97. The van der Waals surface area contributed by atoms with E-state index in [2.05, 4.69) is 23.9 Å². The molecular weight excluding hydrogens is 336 g/mol. The Bertz CT molecular complexity index is 280. The van der Waals surface area contributed by atoms with E-state index in [1.54, 1.807) is 0 Å². The zero-order valence-corrected chi connectivity index (χ0v) is 16.9. The molecule has 0 aromatic carbocycles. The van der Waals surface area contributed by atoms with E-state index in [1.807, 2.05) is 0 Å². The Balaban J connectivity index is 0. The minimum Gasteiger partial charge on any atom is -0.379 e. The quantitative estimate of drug-likeness (QED) is 0.160. The van der Waals surface area contributed by atoms with Gasteiger partial charge in [-0.15, -0.1) is 0 Å². The van der Waals surface area contributed by atoms with Gasteiger partial charge >= 0.3 is 0 Å². The lowest BCUT2D eigenvalue weighted by Crippen LogP contribution is -2.12. The minimum atomic E-state index is 0.395. The molecule has 156 valence electrons. The number of nitrogens with zero attached hydrogens (tertiary/aromatic N) is 3. The molecule has 0 saturated carbocycles. The minimum absolute atomic E-state index is 0.395. The summed E-state index contributed by atoms with van der Waals surface area (Å²) in [5.41, 5.74) is 13.2. The van der Waals surface area contributed by atoms with Gasteiger partial charge in [0.1, 0.15) is 0 Å². The Hall–Kier alpha value is -0.890. The summed E-state index contributed by atoms with van der Waals surface area (Å²) in [7, 11) is 0. The second-order valence-corrected chi connectivity index (χ2v) is 5.61. The largest absolute Gasteiger partial charge is 0.379 e. The Labute approximate surface area is 159 Å². The fourth-order valence-electron chi connectivity index (χ4n) is 1.79. The normalized spacial score (nSPS) is 10.1. The first-order valence-electron chi connectivity index (χ1n) is 9.85. The van der Waals surface area contributed by atoms with Gasteiger partial charge in [0.05, 0.1) is 39.6 Å². The van der Waals surface area contributed by atoms with E-state index >= 15 is 0 Å². The van der Waals surface area contributed by atoms with Gasteiger partial charge < -0.3 is 24.7 Å². The smallest absolute Gasteiger partial charge is 0.0701 e. The third kappa shape index (κ3) is 30.9. The standard InChI is InChI=1S/C9H19N3O2.C9H21NO2/c1-2-3-4-6-13-8-9-14-7-5-11-12-10;1-2-3-4-6-11-8-9-12-7-5-10/h2-9H2,1H3;2-10H2,1H3. The molecule has 0 atom stereocenters. The van der Waals surface area contributed by atoms with Gasteiger partial charge in [0.2, 0.25) is 0 Å². The number of azide groups is 1. The van der Waals surface area contributed by atoms with Crippen molar-refractivity contribution in [1.29, 1.82) is 0 Å². The van der Waals surface area contributed by atoms with Crippen molar-refractivity contribution >= 4 is 0 Å². The molecule has 0 saturated heterocycles. The second-order valence-electron chi connectivity index (χ2n) is 5.61. The molecule has 8 nitrogen and oxygen atoms in total. The SMILES string of the molecule is CCCCCOCCOCCN.CCCCCOCCOCCN=[N+]=[N-]. The summed E-state index contributed by atoms with van der Waals surface area (Å²) < 4.78 is 20.9. The van der Waals surface area contributed by atoms with Crippen LogP contribution in [0.3, 0.4) is 0 Å². The van der Waals surface area contributed by atoms with Crippen LogP contribution in [0.25, 0.3) is 10.4 Å². The van der Waals surface area contributed by atoms with Gasteiger partial charge in [-0.1, -0.05) is 44.6 Å². The highest BCUT2D eigenvalue weighted by Gasteiger charge is 1.90. The van der Waals surface area contributed by atoms with Crippen molar-refractivity contribution < 1.29 is 18.9 Å². The lowest BCUT2D eigenvalue weighted by Gasteiger charge is -2.03. The summed E-state index contributed by atoms with van der Waals surface area (Å²) in [5.74, 6) is 0. The predicted octanol–water partition coefficient (Wildman–Crippen LogP) is 3.69. The molecule has 0 aromatic rings. The van der Waals surface area contributed by atoms with Gasteiger partial charge in [-0.2, -0.15) is 0 Å². The van der Waals surface area contributed by atoms with Crippen LogP contribution in [-0.4, -0.2) is 65.9 Å². The zero-order valence-electron chi connectivity index (χ0n) is 16.9. The summed E-state index contributed by atoms with van der Waals surface area (Å²) in [5, 5.41) is 3.34. The van der Waals surface area contributed by atoms with Crippen molar-refractivity contribution in [2.24, 2.45) is 10.8 Å². The summed E-state index contributed by atoms with van der Waals surface area (Å²) >= 11 is 0. The van der Waals surface area contributed by atoms with Crippen LogP contribution >= 0.6 is 0 Å². The first kappa shape index (κ1) is 27.3. The number of hydrogen-bond donors (Lipinski definition) is 1. The van der Waals surface area contributed by atoms with Crippen molar-refractivity contribution in [1.82, 2.24) is 0 Å². The molecule has 8 heteroatoms. The van der Waals surface area contributed by atoms with E-state index in [1.165, 1.54) is 25.7 Å². The molecule has 0 radical (unpaired) electrons. The molecule has 0 heterocycles. The number of ether oxygens (including phenoxy) is 4. The summed E-state index contributed by atoms with van der Waals surface area (Å²) in [6.07, 6.45) is 7.21. The fourth-order valence-corrected chi connectivity index (χ4v) is 1.79. The molecule has 0 fully saturated rings. The van der Waals surface area contributed by atoms with Gasteiger partial charge in [-0.25, -0.2) is 0 Å². The molecule has 0 bridgehead atoms. The Kier molecular flexibility index (Phi) is 30.4. The first-order valence-corrected chi connectivity index (χ1v) is 9.85. The van der Waals surface area contributed by atoms with Crippen LogP contribution in [0.1, 0.15) is 52.4 Å². The van der Waals surface area contributed by atoms with Gasteiger partial charge in [-0.3, -0.25) is 0 Å². The number of unbranched alkanes of at least 4 members (excludes halogenated alkanes) is 4. The van der Waals surface area contributed by atoms with E-state index in [4.69, 9.17) is 30.2 Å². The van der Waals surface area contributed by atoms with Crippen LogP contribution in [0, 0.1) is 0 Å². The molecule has 0 aliphatic carbocycles. The zero-order chi connectivity index (χ0) is 19.6. The highest BCUT2D eigenvalue weighted by molar-refractivity contribution is 4.44. The molecule has 0 unspecified atom stereocenters. The molecule has 0 aliphatic heterocycles. The van der Waals surface area contributed by atoms with Crippen LogP contribution in [0.15, 0.2) is 5.11 Å². The van der Waals surface area contributed by atoms with Crippen LogP contribution < -0.4 is 5.73 Å². The van der Waals surface area contributed by atoms with E-state index in [0.717, 1.165) is 26.1 Å². The predicted molar refractivity (Wildman–Crippen MR) is 105 cm³/mol. The molecule has 0 rings (SSSR count). The van der Waals surface area contributed by atoms with Crippen molar-refractivity contribution in [2.75, 3.05) is 65.9 Å². The third-order valence-corrected chi connectivity index (χ3v) is 3.19. The Morgan fingerprint density at radius 1 is 0.692 bits per heavy atom. The van der Waals surface area contributed by atoms with Crippen LogP contribution in [-0.2, 0) is 18.9 Å². The number of nitrogens with two attached hydrogens (primary N) is 1. The van der Waals surface area contributed by atoms with E-state index in [0.29, 0.717) is 52.7 Å². The number of rotatable bonds is 19. The second kappa shape index (κ2) is 28.9. The van der Waals surface area contributed by atoms with Crippen molar-refractivity contribution in [3.8, 4) is 0 Å². The first-order chi connectivity index (χ1) is 12.8. The van der Waals surface area contributed by atoms with Gasteiger partial charge in [-0.05, 0) is 18.4 Å². The molecule has 26 heavy (non-hydrogen) atoms. The summed E-state index contributed by atoms with van der Waals surface area (Å²) in [6, 6.07) is 0. The van der Waals surface area contributed by atoms with Crippen LogP contribution in [0.2, 0.25) is 0 Å². The number of hydrogen-bond acceptors (Lipinski definition) is 6. The van der Waals surface area contributed by atoms with Gasteiger partial charge in [0.15, 0.2) is 0 Å². The monoisotopic (exact) mass is 376 g/mol. The maximum absolute atomic E-state index is 7.97. The van der Waals surface area contributed by atoms with Gasteiger partial charge in [0.25, 0.3) is 0 Å². The molecule has 0 amide bonds. The van der Waals surface area contributed by atoms with Gasteiger partial charge in [0, 0.05) is 31.2 Å². The Morgan fingerprint density at radius 3 is 1.58 bits per heavy atom. The van der Waals surface area contributed by atoms with Crippen LogP contribution in [0.4, 0.5) is 0 Å². The summed E-state index contributed by atoms with van der Waals surface area (Å²) in [6.45, 7) is 10.7. The molecule has 0 spiro atoms. The highest BCUT2D eigenvalue weighted by atomic mass is 16.5. The van der Waals surface area contributed by atoms with Crippen molar-refractivity contribution in [3.05, 3.63) is 10.4 Å². The summed E-state index contributed by atoms with van der Waals surface area (Å²) in [4.78, 5) is 2.62. The van der Waals surface area contributed by atoms with E-state index in [-0.39, 0.29) is 0 Å². The lowest BCUT2D eigenvalue weighted by atomic mass is 10.3. The molecule has 2 N–H and O–H groups in total. The highest BCUT2D eigenvalue weighted by Crippen LogP contribution is 1.94. The third-order valence-electron chi connectivity index (χ3n) is 3.19. The maximum Gasteiger partial charge on any atom is 0.0701 e. The average Bonchev–Trinajstić information content (AvgIpc) is 2.66. The Morgan fingerprint density at radius 2 is 1.15 bits per heavy atom. The average molecular weight is 377 g/mol. The fraction of sp³-hybridized carbons (Fsp3) is 1.00.